The second kappa shape index (κ2) is 9.05. The molecule has 0 aliphatic heterocycles. The number of thioether (sulfide) groups is 1. The molecule has 2 heterocycles. The molecule has 0 atom stereocenters. The summed E-state index contributed by atoms with van der Waals surface area (Å²) in [5, 5.41) is 4.79. The molecule has 0 bridgehead atoms. The van der Waals surface area contributed by atoms with Crippen molar-refractivity contribution in [3.8, 4) is 0 Å². The maximum atomic E-state index is 12.5. The maximum Gasteiger partial charge on any atom is 0.242 e. The molecule has 0 unspecified atom stereocenters. The first kappa shape index (κ1) is 22.5. The van der Waals surface area contributed by atoms with Gasteiger partial charge in [0.2, 0.25) is 10.0 Å². The standard InChI is InChI=1S/C22H26N6O2S2/c1-5-12-28-19-11-10-15(32(29,30)27(3)4)13-18(19)24-20(28)14-31-22-25-17-9-7-6-8-16(17)21(23-2)26-22/h6-11,13H,5,12,14H2,1-4H3,(H,23,25,26). The van der Waals surface area contributed by atoms with E-state index in [1.54, 1.807) is 12.1 Å². The molecule has 0 aliphatic carbocycles. The van der Waals surface area contributed by atoms with E-state index in [9.17, 15) is 8.42 Å². The van der Waals surface area contributed by atoms with Crippen molar-refractivity contribution >= 4 is 49.5 Å². The van der Waals surface area contributed by atoms with Gasteiger partial charge in [-0.2, -0.15) is 0 Å². The number of aryl methyl sites for hydroxylation is 1. The van der Waals surface area contributed by atoms with Crippen molar-refractivity contribution in [1.29, 1.82) is 0 Å². The van der Waals surface area contributed by atoms with Gasteiger partial charge in [-0.15, -0.1) is 0 Å². The topological polar surface area (TPSA) is 93.0 Å². The SMILES string of the molecule is CCCn1c(CSc2nc(NC)c3ccccc3n2)nc2cc(S(=O)(=O)N(C)C)ccc21. The summed E-state index contributed by atoms with van der Waals surface area (Å²) in [6.07, 6.45) is 0.942. The van der Waals surface area contributed by atoms with E-state index in [-0.39, 0.29) is 4.90 Å². The zero-order chi connectivity index (χ0) is 22.9. The number of aromatic nitrogens is 4. The van der Waals surface area contributed by atoms with Gasteiger partial charge in [-0.05, 0) is 36.8 Å². The normalized spacial score (nSPS) is 12.2. The number of hydrogen-bond acceptors (Lipinski definition) is 7. The Balaban J connectivity index is 1.69. The van der Waals surface area contributed by atoms with Gasteiger partial charge in [-0.1, -0.05) is 30.8 Å². The number of anilines is 1. The lowest BCUT2D eigenvalue weighted by Gasteiger charge is -2.11. The van der Waals surface area contributed by atoms with Crippen LogP contribution in [-0.4, -0.2) is 53.4 Å². The highest BCUT2D eigenvalue weighted by Gasteiger charge is 2.20. The molecule has 0 aliphatic rings. The molecule has 10 heteroatoms. The fourth-order valence-corrected chi connectivity index (χ4v) is 5.27. The van der Waals surface area contributed by atoms with Gasteiger partial charge < -0.3 is 9.88 Å². The van der Waals surface area contributed by atoms with E-state index in [2.05, 4.69) is 26.8 Å². The number of hydrogen-bond donors (Lipinski definition) is 1. The summed E-state index contributed by atoms with van der Waals surface area (Å²) in [6, 6.07) is 13.0. The average molecular weight is 471 g/mol. The first-order valence-electron chi connectivity index (χ1n) is 10.3. The third-order valence-corrected chi connectivity index (χ3v) is 7.83. The number of sulfonamides is 1. The molecule has 2 aromatic carbocycles. The van der Waals surface area contributed by atoms with Gasteiger partial charge >= 0.3 is 0 Å². The van der Waals surface area contributed by atoms with Crippen molar-refractivity contribution in [1.82, 2.24) is 23.8 Å². The molecule has 0 fully saturated rings. The van der Waals surface area contributed by atoms with Crippen LogP contribution in [0.3, 0.4) is 0 Å². The Kier molecular flexibility index (Phi) is 6.36. The van der Waals surface area contributed by atoms with E-state index in [0.717, 1.165) is 41.0 Å². The van der Waals surface area contributed by atoms with Gasteiger partial charge in [-0.3, -0.25) is 0 Å². The molecule has 1 N–H and O–H groups in total. The molecular formula is C22H26N6O2S2. The molecule has 4 aromatic rings. The van der Waals surface area contributed by atoms with Crippen LogP contribution in [-0.2, 0) is 22.3 Å². The van der Waals surface area contributed by atoms with Gasteiger partial charge in [0.15, 0.2) is 5.16 Å². The molecule has 0 amide bonds. The minimum absolute atomic E-state index is 0.242. The van der Waals surface area contributed by atoms with Crippen molar-refractivity contribution in [2.45, 2.75) is 35.7 Å². The van der Waals surface area contributed by atoms with Crippen LogP contribution in [0.2, 0.25) is 0 Å². The molecule has 0 spiro atoms. The van der Waals surface area contributed by atoms with Crippen LogP contribution in [0.15, 0.2) is 52.5 Å². The highest BCUT2D eigenvalue weighted by atomic mass is 32.2. The maximum absolute atomic E-state index is 12.5. The second-order valence-corrected chi connectivity index (χ2v) is 10.6. The van der Waals surface area contributed by atoms with E-state index in [1.165, 1.54) is 30.2 Å². The number of imidazole rings is 1. The quantitative estimate of drug-likeness (QED) is 0.308. The summed E-state index contributed by atoms with van der Waals surface area (Å²) in [4.78, 5) is 14.3. The van der Waals surface area contributed by atoms with Gasteiger partial charge in [0.25, 0.3) is 0 Å². The summed E-state index contributed by atoms with van der Waals surface area (Å²) in [6.45, 7) is 2.91. The Morgan fingerprint density at radius 2 is 1.84 bits per heavy atom. The van der Waals surface area contributed by atoms with E-state index in [0.29, 0.717) is 16.4 Å². The summed E-state index contributed by atoms with van der Waals surface area (Å²) in [5.41, 5.74) is 2.48. The summed E-state index contributed by atoms with van der Waals surface area (Å²) < 4.78 is 28.4. The third kappa shape index (κ3) is 4.17. The molecule has 2 aromatic heterocycles. The van der Waals surface area contributed by atoms with Crippen LogP contribution in [0.25, 0.3) is 21.9 Å². The predicted molar refractivity (Wildman–Crippen MR) is 130 cm³/mol. The van der Waals surface area contributed by atoms with E-state index in [4.69, 9.17) is 4.98 Å². The van der Waals surface area contributed by atoms with Crippen LogP contribution in [0.1, 0.15) is 19.2 Å². The van der Waals surface area contributed by atoms with Crippen molar-refractivity contribution in [2.75, 3.05) is 26.5 Å². The monoisotopic (exact) mass is 470 g/mol. The minimum Gasteiger partial charge on any atom is -0.372 e. The minimum atomic E-state index is -3.52. The van der Waals surface area contributed by atoms with Crippen molar-refractivity contribution in [3.63, 3.8) is 0 Å². The largest absolute Gasteiger partial charge is 0.372 e. The Morgan fingerprint density at radius 1 is 1.06 bits per heavy atom. The van der Waals surface area contributed by atoms with Crippen LogP contribution >= 0.6 is 11.8 Å². The van der Waals surface area contributed by atoms with E-state index in [1.807, 2.05) is 37.4 Å². The Bertz CT molecular complexity index is 1380. The molecule has 168 valence electrons. The molecular weight excluding hydrogens is 444 g/mol. The highest BCUT2D eigenvalue weighted by Crippen LogP contribution is 2.28. The van der Waals surface area contributed by atoms with Gasteiger partial charge in [0.1, 0.15) is 11.6 Å². The molecule has 8 nitrogen and oxygen atoms in total. The predicted octanol–water partition coefficient (Wildman–Crippen LogP) is 3.97. The third-order valence-electron chi connectivity index (χ3n) is 5.17. The Morgan fingerprint density at radius 3 is 2.56 bits per heavy atom. The zero-order valence-electron chi connectivity index (χ0n) is 18.5. The summed E-state index contributed by atoms with van der Waals surface area (Å²) in [5.74, 6) is 2.24. The number of nitrogens with zero attached hydrogens (tertiary/aromatic N) is 5. The second-order valence-electron chi connectivity index (χ2n) is 7.53. The number of para-hydroxylation sites is 1. The van der Waals surface area contributed by atoms with Crippen LogP contribution < -0.4 is 5.32 Å². The Labute approximate surface area is 192 Å². The number of benzene rings is 2. The highest BCUT2D eigenvalue weighted by molar-refractivity contribution is 7.98. The summed E-state index contributed by atoms with van der Waals surface area (Å²) in [7, 11) is 1.39. The Hall–Kier alpha value is -2.69. The average Bonchev–Trinajstić information content (AvgIpc) is 3.13. The first-order chi connectivity index (χ1) is 15.3. The van der Waals surface area contributed by atoms with Crippen LogP contribution in [0.5, 0.6) is 0 Å². The smallest absolute Gasteiger partial charge is 0.242 e. The fourth-order valence-electron chi connectivity index (χ4n) is 3.55. The molecule has 4 rings (SSSR count). The number of nitrogens with one attached hydrogen (secondary N) is 1. The van der Waals surface area contributed by atoms with Crippen molar-refractivity contribution < 1.29 is 8.42 Å². The zero-order valence-corrected chi connectivity index (χ0v) is 20.2. The van der Waals surface area contributed by atoms with Crippen molar-refractivity contribution in [3.05, 3.63) is 48.3 Å². The lowest BCUT2D eigenvalue weighted by Crippen LogP contribution is -2.22. The summed E-state index contributed by atoms with van der Waals surface area (Å²) >= 11 is 1.52. The van der Waals surface area contributed by atoms with Gasteiger partial charge in [0.05, 0.1) is 27.2 Å². The molecule has 0 saturated heterocycles. The number of rotatable bonds is 8. The van der Waals surface area contributed by atoms with Crippen molar-refractivity contribution in [2.24, 2.45) is 0 Å². The molecule has 0 radical (unpaired) electrons. The fraction of sp³-hybridized carbons (Fsp3) is 0.318. The lowest BCUT2D eigenvalue weighted by atomic mass is 10.2. The molecule has 32 heavy (non-hydrogen) atoms. The van der Waals surface area contributed by atoms with E-state index >= 15 is 0 Å². The van der Waals surface area contributed by atoms with Gasteiger partial charge in [0, 0.05) is 33.1 Å². The van der Waals surface area contributed by atoms with Gasteiger partial charge in [-0.25, -0.2) is 27.7 Å². The van der Waals surface area contributed by atoms with E-state index < -0.39 is 10.0 Å². The molecule has 0 saturated carbocycles. The lowest BCUT2D eigenvalue weighted by molar-refractivity contribution is 0.521. The first-order valence-corrected chi connectivity index (χ1v) is 12.8. The van der Waals surface area contributed by atoms with Crippen LogP contribution in [0, 0.1) is 0 Å². The van der Waals surface area contributed by atoms with Crippen LogP contribution in [0.4, 0.5) is 5.82 Å². The number of fused-ring (bicyclic) bond motifs is 2.